The molecule has 0 fully saturated rings. The minimum atomic E-state index is -0.171. The molecular formula is C9H16N3O+. The van der Waals surface area contributed by atoms with E-state index in [2.05, 4.69) is 35.6 Å². The number of carbonyl (C=O) groups excluding carboxylic acids is 1. The highest BCUT2D eigenvalue weighted by molar-refractivity contribution is 6.00. The molecule has 1 rings (SSSR count). The Hall–Kier alpha value is -1.32. The van der Waals surface area contributed by atoms with E-state index in [4.69, 9.17) is 0 Å². The second kappa shape index (κ2) is 4.07. The van der Waals surface area contributed by atoms with Crippen LogP contribution in [0.25, 0.3) is 0 Å². The van der Waals surface area contributed by atoms with Gasteiger partial charge in [0.2, 0.25) is 0 Å². The highest BCUT2D eigenvalue weighted by Crippen LogP contribution is 1.95. The van der Waals surface area contributed by atoms with E-state index in [9.17, 15) is 4.79 Å². The molecule has 1 amide bonds. The van der Waals surface area contributed by atoms with Gasteiger partial charge in [0.1, 0.15) is 6.04 Å². The van der Waals surface area contributed by atoms with E-state index in [0.717, 1.165) is 19.0 Å². The number of hydrogen-bond donors (Lipinski definition) is 2. The number of likely N-dealkylation sites (N-methyl/N-ethyl adjacent to an activating group) is 1. The third kappa shape index (κ3) is 2.08. The number of nitrogens with zero attached hydrogens (tertiary/aromatic N) is 1. The van der Waals surface area contributed by atoms with E-state index in [1.54, 1.807) is 0 Å². The summed E-state index contributed by atoms with van der Waals surface area (Å²) in [5.74, 6) is 0.620. The van der Waals surface area contributed by atoms with Crippen LogP contribution in [0.1, 0.15) is 13.8 Å². The SMILES string of the molecule is C=CC(=O)NC1=[N+](CC)C(C)CN1. The van der Waals surface area contributed by atoms with Gasteiger partial charge < -0.3 is 0 Å². The first-order chi connectivity index (χ1) is 6.19. The van der Waals surface area contributed by atoms with E-state index in [0.29, 0.717) is 6.04 Å². The quantitative estimate of drug-likeness (QED) is 0.453. The van der Waals surface area contributed by atoms with E-state index in [1.807, 2.05) is 0 Å². The molecule has 4 heteroatoms. The van der Waals surface area contributed by atoms with Crippen molar-refractivity contribution in [3.05, 3.63) is 12.7 Å². The Morgan fingerprint density at radius 3 is 3.15 bits per heavy atom. The maximum absolute atomic E-state index is 11.0. The molecule has 1 unspecified atom stereocenters. The van der Waals surface area contributed by atoms with Gasteiger partial charge >= 0.3 is 11.9 Å². The fraction of sp³-hybridized carbons (Fsp3) is 0.556. The first kappa shape index (κ1) is 9.77. The van der Waals surface area contributed by atoms with Crippen molar-refractivity contribution in [1.82, 2.24) is 10.6 Å². The molecule has 0 spiro atoms. The second-order valence-electron chi connectivity index (χ2n) is 3.06. The fourth-order valence-corrected chi connectivity index (χ4v) is 1.43. The molecule has 1 heterocycles. The lowest BCUT2D eigenvalue weighted by Crippen LogP contribution is -2.41. The Balaban J connectivity index is 2.71. The highest BCUT2D eigenvalue weighted by Gasteiger charge is 2.26. The van der Waals surface area contributed by atoms with E-state index < -0.39 is 0 Å². The predicted molar refractivity (Wildman–Crippen MR) is 51.6 cm³/mol. The number of amides is 1. The molecule has 1 atom stereocenters. The normalized spacial score (nSPS) is 21.2. The number of hydrogen-bond acceptors (Lipinski definition) is 2. The Labute approximate surface area is 78.3 Å². The molecule has 0 bridgehead atoms. The summed E-state index contributed by atoms with van der Waals surface area (Å²) in [5, 5.41) is 5.87. The van der Waals surface area contributed by atoms with Crippen LogP contribution in [0.15, 0.2) is 12.7 Å². The van der Waals surface area contributed by atoms with Gasteiger partial charge in [0.05, 0.1) is 13.1 Å². The summed E-state index contributed by atoms with van der Waals surface area (Å²) >= 11 is 0. The van der Waals surface area contributed by atoms with Crippen molar-refractivity contribution in [3.63, 3.8) is 0 Å². The second-order valence-corrected chi connectivity index (χ2v) is 3.06. The standard InChI is InChI=1S/C9H15N3O/c1-4-8(13)11-9-10-6-7(3)12(9)5-2/h4,7H,1,5-6H2,2-3H3,(H,10,11,13)/p+1. The van der Waals surface area contributed by atoms with Crippen LogP contribution in [-0.2, 0) is 4.79 Å². The molecule has 13 heavy (non-hydrogen) atoms. The van der Waals surface area contributed by atoms with Gasteiger partial charge in [0, 0.05) is 6.08 Å². The number of rotatable bonds is 2. The van der Waals surface area contributed by atoms with Crippen LogP contribution in [0, 0.1) is 0 Å². The third-order valence-corrected chi connectivity index (χ3v) is 2.15. The Kier molecular flexibility index (Phi) is 3.06. The zero-order chi connectivity index (χ0) is 9.84. The van der Waals surface area contributed by atoms with Crippen molar-refractivity contribution in [1.29, 1.82) is 0 Å². The Morgan fingerprint density at radius 2 is 2.62 bits per heavy atom. The van der Waals surface area contributed by atoms with Crippen LogP contribution in [0.5, 0.6) is 0 Å². The Bertz CT molecular complexity index is 258. The Morgan fingerprint density at radius 1 is 1.92 bits per heavy atom. The molecule has 0 radical (unpaired) electrons. The van der Waals surface area contributed by atoms with Crippen LogP contribution in [0.3, 0.4) is 0 Å². The molecule has 2 N–H and O–H groups in total. The molecule has 0 saturated heterocycles. The molecule has 0 aromatic carbocycles. The summed E-state index contributed by atoms with van der Waals surface area (Å²) in [6.07, 6.45) is 1.27. The first-order valence-electron chi connectivity index (χ1n) is 4.50. The molecular weight excluding hydrogens is 166 g/mol. The third-order valence-electron chi connectivity index (χ3n) is 2.15. The number of carbonyl (C=O) groups is 1. The van der Waals surface area contributed by atoms with Gasteiger partial charge in [-0.1, -0.05) is 6.58 Å². The van der Waals surface area contributed by atoms with E-state index >= 15 is 0 Å². The monoisotopic (exact) mass is 182 g/mol. The number of guanidine groups is 1. The van der Waals surface area contributed by atoms with Crippen molar-refractivity contribution in [3.8, 4) is 0 Å². The molecule has 1 aliphatic rings. The molecule has 1 aliphatic heterocycles. The lowest BCUT2D eigenvalue weighted by molar-refractivity contribution is -0.549. The highest BCUT2D eigenvalue weighted by atomic mass is 16.1. The van der Waals surface area contributed by atoms with Gasteiger partial charge in [-0.25, -0.2) is 5.32 Å². The van der Waals surface area contributed by atoms with Crippen molar-refractivity contribution >= 4 is 11.9 Å². The zero-order valence-electron chi connectivity index (χ0n) is 8.13. The van der Waals surface area contributed by atoms with E-state index in [-0.39, 0.29) is 5.91 Å². The van der Waals surface area contributed by atoms with Gasteiger partial charge in [-0.2, -0.15) is 0 Å². The summed E-state index contributed by atoms with van der Waals surface area (Å²) in [7, 11) is 0. The average molecular weight is 182 g/mol. The molecule has 0 aliphatic carbocycles. The lowest BCUT2D eigenvalue weighted by Gasteiger charge is -2.05. The average Bonchev–Trinajstić information content (AvgIpc) is 2.46. The maximum Gasteiger partial charge on any atom is 0.353 e. The lowest BCUT2D eigenvalue weighted by atomic mass is 10.3. The first-order valence-corrected chi connectivity index (χ1v) is 4.50. The van der Waals surface area contributed by atoms with Gasteiger partial charge in [-0.15, -0.1) is 0 Å². The topological polar surface area (TPSA) is 44.1 Å². The summed E-state index contributed by atoms with van der Waals surface area (Å²) in [5.41, 5.74) is 0. The summed E-state index contributed by atoms with van der Waals surface area (Å²) in [6, 6.07) is 0.435. The van der Waals surface area contributed by atoms with Crippen molar-refractivity contribution in [2.75, 3.05) is 13.1 Å². The molecule has 0 aromatic rings. The van der Waals surface area contributed by atoms with Crippen molar-refractivity contribution in [2.24, 2.45) is 0 Å². The smallest absolute Gasteiger partial charge is 0.274 e. The van der Waals surface area contributed by atoms with Gasteiger partial charge in [-0.05, 0) is 13.8 Å². The van der Waals surface area contributed by atoms with Crippen LogP contribution in [0.2, 0.25) is 0 Å². The molecule has 4 nitrogen and oxygen atoms in total. The van der Waals surface area contributed by atoms with Gasteiger partial charge in [0.15, 0.2) is 0 Å². The van der Waals surface area contributed by atoms with E-state index in [1.165, 1.54) is 6.08 Å². The fourth-order valence-electron chi connectivity index (χ4n) is 1.43. The number of nitrogens with one attached hydrogen (secondary N) is 2. The molecule has 0 aromatic heterocycles. The maximum atomic E-state index is 11.0. The van der Waals surface area contributed by atoms with Crippen LogP contribution >= 0.6 is 0 Å². The molecule has 0 saturated carbocycles. The minimum Gasteiger partial charge on any atom is -0.274 e. The summed E-state index contributed by atoms with van der Waals surface area (Å²) in [4.78, 5) is 11.0. The van der Waals surface area contributed by atoms with Crippen LogP contribution in [-0.4, -0.2) is 35.6 Å². The van der Waals surface area contributed by atoms with Gasteiger partial charge in [0.25, 0.3) is 0 Å². The molecule has 72 valence electrons. The van der Waals surface area contributed by atoms with Crippen LogP contribution < -0.4 is 10.6 Å². The zero-order valence-corrected chi connectivity index (χ0v) is 8.13. The van der Waals surface area contributed by atoms with Crippen LogP contribution in [0.4, 0.5) is 0 Å². The van der Waals surface area contributed by atoms with Gasteiger partial charge in [-0.3, -0.25) is 14.7 Å². The summed E-state index contributed by atoms with van der Waals surface area (Å²) < 4.78 is 2.11. The van der Waals surface area contributed by atoms with Crippen molar-refractivity contribution < 1.29 is 9.37 Å². The largest absolute Gasteiger partial charge is 0.353 e. The predicted octanol–water partition coefficient (Wildman–Crippen LogP) is -0.331. The van der Waals surface area contributed by atoms with Crippen molar-refractivity contribution in [2.45, 2.75) is 19.9 Å². The minimum absolute atomic E-state index is 0.171. The summed E-state index contributed by atoms with van der Waals surface area (Å²) in [6.45, 7) is 9.34.